The van der Waals surface area contributed by atoms with Crippen LogP contribution in [-0.4, -0.2) is 20.8 Å². The van der Waals surface area contributed by atoms with Gasteiger partial charge >= 0.3 is 0 Å². The molecule has 3 saturated carbocycles. The Morgan fingerprint density at radius 2 is 2.00 bits per heavy atom. The second-order valence-corrected chi connectivity index (χ2v) is 7.15. The molecular weight excluding hydrogens is 236 g/mol. The standard InChI is InChI=1S/C15H24N4/c1-8(2)19-12(17-7-18-19)6-11(16)15-13-9-3-4-10(5-9)14(13)15/h7-11,13-15H,3-6,16H2,1-2H3. The first kappa shape index (κ1) is 11.9. The van der Waals surface area contributed by atoms with Gasteiger partial charge in [-0.3, -0.25) is 0 Å². The Bertz CT molecular complexity index is 464. The van der Waals surface area contributed by atoms with E-state index in [-0.39, 0.29) is 0 Å². The fourth-order valence-corrected chi connectivity index (χ4v) is 5.16. The highest BCUT2D eigenvalue weighted by atomic mass is 15.3. The first-order valence-electron chi connectivity index (χ1n) is 7.80. The number of nitrogens with two attached hydrogens (primary N) is 1. The van der Waals surface area contributed by atoms with Crippen LogP contribution in [0.1, 0.15) is 45.0 Å². The smallest absolute Gasteiger partial charge is 0.138 e. The number of nitrogens with zero attached hydrogens (tertiary/aromatic N) is 3. The molecule has 5 atom stereocenters. The highest BCUT2D eigenvalue weighted by molar-refractivity contribution is 5.16. The number of rotatable bonds is 4. The topological polar surface area (TPSA) is 56.7 Å². The average molecular weight is 260 g/mol. The van der Waals surface area contributed by atoms with Gasteiger partial charge in [0.1, 0.15) is 12.2 Å². The maximum atomic E-state index is 6.50. The second kappa shape index (κ2) is 4.05. The highest BCUT2D eigenvalue weighted by Gasteiger charge is 2.66. The minimum absolute atomic E-state index is 0.292. The zero-order valence-electron chi connectivity index (χ0n) is 11.9. The Labute approximate surface area is 114 Å². The van der Waals surface area contributed by atoms with E-state index in [9.17, 15) is 0 Å². The van der Waals surface area contributed by atoms with Gasteiger partial charge in [0.15, 0.2) is 0 Å². The fourth-order valence-electron chi connectivity index (χ4n) is 5.16. The van der Waals surface area contributed by atoms with Crippen molar-refractivity contribution >= 4 is 0 Å². The van der Waals surface area contributed by atoms with Gasteiger partial charge in [-0.15, -0.1) is 0 Å². The fraction of sp³-hybridized carbons (Fsp3) is 0.867. The third kappa shape index (κ3) is 1.69. The summed E-state index contributed by atoms with van der Waals surface area (Å²) in [5.41, 5.74) is 6.50. The molecule has 1 heterocycles. The molecule has 3 aliphatic rings. The Morgan fingerprint density at radius 3 is 2.63 bits per heavy atom. The van der Waals surface area contributed by atoms with Gasteiger partial charge in [-0.2, -0.15) is 5.10 Å². The van der Waals surface area contributed by atoms with Crippen molar-refractivity contribution in [1.82, 2.24) is 14.8 Å². The Morgan fingerprint density at radius 1 is 1.32 bits per heavy atom. The monoisotopic (exact) mass is 260 g/mol. The van der Waals surface area contributed by atoms with Crippen molar-refractivity contribution in [1.29, 1.82) is 0 Å². The lowest BCUT2D eigenvalue weighted by atomic mass is 9.96. The van der Waals surface area contributed by atoms with E-state index in [4.69, 9.17) is 5.73 Å². The van der Waals surface area contributed by atoms with Crippen LogP contribution in [0.25, 0.3) is 0 Å². The largest absolute Gasteiger partial charge is 0.327 e. The zero-order valence-corrected chi connectivity index (χ0v) is 11.9. The van der Waals surface area contributed by atoms with Crippen molar-refractivity contribution in [2.45, 2.75) is 51.6 Å². The lowest BCUT2D eigenvalue weighted by Crippen LogP contribution is -2.30. The summed E-state index contributed by atoms with van der Waals surface area (Å²) in [6.45, 7) is 4.30. The molecule has 4 heteroatoms. The summed E-state index contributed by atoms with van der Waals surface area (Å²) >= 11 is 0. The SMILES string of the molecule is CC(C)n1ncnc1CC(N)C1C2C3CCC(C3)C12. The van der Waals surface area contributed by atoms with Gasteiger partial charge in [-0.25, -0.2) is 9.67 Å². The zero-order chi connectivity index (χ0) is 13.1. The van der Waals surface area contributed by atoms with E-state index < -0.39 is 0 Å². The third-order valence-electron chi connectivity index (χ3n) is 5.84. The van der Waals surface area contributed by atoms with E-state index in [1.54, 1.807) is 6.33 Å². The first-order chi connectivity index (χ1) is 9.16. The predicted molar refractivity (Wildman–Crippen MR) is 73.4 cm³/mol. The third-order valence-corrected chi connectivity index (χ3v) is 5.84. The van der Waals surface area contributed by atoms with Gasteiger partial charge in [0.2, 0.25) is 0 Å². The summed E-state index contributed by atoms with van der Waals surface area (Å²) in [5.74, 6) is 5.79. The van der Waals surface area contributed by atoms with Crippen LogP contribution < -0.4 is 5.73 Å². The minimum atomic E-state index is 0.292. The lowest BCUT2D eigenvalue weighted by Gasteiger charge is -2.17. The summed E-state index contributed by atoms with van der Waals surface area (Å²) in [5, 5.41) is 4.31. The summed E-state index contributed by atoms with van der Waals surface area (Å²) in [6, 6.07) is 0.666. The molecule has 2 bridgehead atoms. The van der Waals surface area contributed by atoms with Crippen LogP contribution >= 0.6 is 0 Å². The van der Waals surface area contributed by atoms with Gasteiger partial charge in [-0.05, 0) is 62.7 Å². The molecular formula is C15H24N4. The van der Waals surface area contributed by atoms with Gasteiger partial charge in [-0.1, -0.05) is 0 Å². The quantitative estimate of drug-likeness (QED) is 0.901. The van der Waals surface area contributed by atoms with Crippen LogP contribution in [0, 0.1) is 29.6 Å². The maximum Gasteiger partial charge on any atom is 0.138 e. The van der Waals surface area contributed by atoms with E-state index in [0.717, 1.165) is 41.8 Å². The van der Waals surface area contributed by atoms with Crippen molar-refractivity contribution < 1.29 is 0 Å². The van der Waals surface area contributed by atoms with Gasteiger partial charge in [0.05, 0.1) is 0 Å². The maximum absolute atomic E-state index is 6.50. The summed E-state index contributed by atoms with van der Waals surface area (Å²) in [7, 11) is 0. The van der Waals surface area contributed by atoms with Crippen molar-refractivity contribution in [3.63, 3.8) is 0 Å². The highest BCUT2D eigenvalue weighted by Crippen LogP contribution is 2.70. The lowest BCUT2D eigenvalue weighted by molar-refractivity contribution is 0.397. The molecule has 19 heavy (non-hydrogen) atoms. The summed E-state index contributed by atoms with van der Waals surface area (Å²) in [6.07, 6.45) is 7.00. The molecule has 0 aromatic carbocycles. The van der Waals surface area contributed by atoms with Crippen LogP contribution in [-0.2, 0) is 6.42 Å². The van der Waals surface area contributed by atoms with E-state index in [1.807, 2.05) is 4.68 Å². The first-order valence-corrected chi connectivity index (χ1v) is 7.80. The van der Waals surface area contributed by atoms with Gasteiger partial charge < -0.3 is 5.73 Å². The van der Waals surface area contributed by atoms with E-state index >= 15 is 0 Å². The molecule has 4 rings (SSSR count). The van der Waals surface area contributed by atoms with Crippen molar-refractivity contribution in [3.8, 4) is 0 Å². The molecule has 0 saturated heterocycles. The molecule has 3 fully saturated rings. The van der Waals surface area contributed by atoms with Crippen molar-refractivity contribution in [3.05, 3.63) is 12.2 Å². The molecule has 5 unspecified atom stereocenters. The van der Waals surface area contributed by atoms with Crippen LogP contribution in [0.15, 0.2) is 6.33 Å². The molecule has 3 aliphatic carbocycles. The Balaban J connectivity index is 1.45. The van der Waals surface area contributed by atoms with E-state index in [2.05, 4.69) is 23.9 Å². The molecule has 0 amide bonds. The van der Waals surface area contributed by atoms with Crippen LogP contribution in [0.3, 0.4) is 0 Å². The second-order valence-electron chi connectivity index (χ2n) is 7.15. The van der Waals surface area contributed by atoms with Crippen molar-refractivity contribution in [2.24, 2.45) is 35.3 Å². The van der Waals surface area contributed by atoms with Crippen molar-refractivity contribution in [2.75, 3.05) is 0 Å². The van der Waals surface area contributed by atoms with Crippen LogP contribution in [0.5, 0.6) is 0 Å². The predicted octanol–water partition coefficient (Wildman–Crippen LogP) is 2.02. The average Bonchev–Trinajstić information content (AvgIpc) is 2.75. The molecule has 0 aliphatic heterocycles. The summed E-state index contributed by atoms with van der Waals surface area (Å²) in [4.78, 5) is 4.41. The van der Waals surface area contributed by atoms with Crippen LogP contribution in [0.2, 0.25) is 0 Å². The number of hydrogen-bond donors (Lipinski definition) is 1. The summed E-state index contributed by atoms with van der Waals surface area (Å²) < 4.78 is 2.02. The molecule has 1 aromatic rings. The Hall–Kier alpha value is -0.900. The number of hydrogen-bond acceptors (Lipinski definition) is 3. The van der Waals surface area contributed by atoms with Crippen LogP contribution in [0.4, 0.5) is 0 Å². The van der Waals surface area contributed by atoms with Gasteiger partial charge in [0.25, 0.3) is 0 Å². The molecule has 0 spiro atoms. The Kier molecular flexibility index (Phi) is 2.53. The minimum Gasteiger partial charge on any atom is -0.327 e. The molecule has 104 valence electrons. The molecule has 2 N–H and O–H groups in total. The number of aromatic nitrogens is 3. The molecule has 4 nitrogen and oxygen atoms in total. The molecule has 1 aromatic heterocycles. The van der Waals surface area contributed by atoms with E-state index in [1.165, 1.54) is 19.3 Å². The van der Waals surface area contributed by atoms with Gasteiger partial charge in [0, 0.05) is 18.5 Å². The molecule has 0 radical (unpaired) electrons. The number of fused-ring (bicyclic) bond motifs is 5. The van der Waals surface area contributed by atoms with E-state index in [0.29, 0.717) is 12.1 Å². The normalized spacial score (nSPS) is 40.7.